The molecule has 0 aliphatic heterocycles. The average Bonchev–Trinajstić information content (AvgIpc) is 2.22. The van der Waals surface area contributed by atoms with Gasteiger partial charge in [0.2, 0.25) is 0 Å². The maximum absolute atomic E-state index is 8.59. The zero-order valence-electron chi connectivity index (χ0n) is 7.48. The molecule has 7 heteroatoms. The van der Waals surface area contributed by atoms with Crippen LogP contribution in [0.1, 0.15) is 0 Å². The van der Waals surface area contributed by atoms with Crippen molar-refractivity contribution in [2.24, 2.45) is 0 Å². The summed E-state index contributed by atoms with van der Waals surface area (Å²) >= 11 is 8.97. The smallest absolute Gasteiger partial charge is 0.149 e. The first-order valence-corrected chi connectivity index (χ1v) is 5.02. The Morgan fingerprint density at radius 2 is 1.93 bits per heavy atom. The molecule has 0 saturated carbocycles. The van der Waals surface area contributed by atoms with E-state index in [1.165, 1.54) is 11.2 Å². The summed E-state index contributed by atoms with van der Waals surface area (Å²) in [5.41, 5.74) is 0. The summed E-state index contributed by atoms with van der Waals surface area (Å²) in [6.07, 6.45) is 1.28. The molecule has 0 aliphatic rings. The summed E-state index contributed by atoms with van der Waals surface area (Å²) < 4.78 is 0.483. The molecule has 0 fully saturated rings. The van der Waals surface area contributed by atoms with Crippen molar-refractivity contribution < 1.29 is 0 Å². The maximum Gasteiger partial charge on any atom is 0.149 e. The normalized spacial score (nSPS) is 9.07. The third-order valence-corrected chi connectivity index (χ3v) is 2.80. The van der Waals surface area contributed by atoms with Crippen molar-refractivity contribution in [1.29, 1.82) is 10.5 Å². The lowest BCUT2D eigenvalue weighted by Gasteiger charge is -2.17. The SMILES string of the molecule is N#CCN(CC#N)c1ncnc(Cl)c1Br. The van der Waals surface area contributed by atoms with E-state index in [9.17, 15) is 0 Å². The quantitative estimate of drug-likeness (QED) is 0.625. The molecule has 0 spiro atoms. The van der Waals surface area contributed by atoms with E-state index >= 15 is 0 Å². The number of rotatable bonds is 3. The van der Waals surface area contributed by atoms with Gasteiger partial charge in [0.05, 0.1) is 16.6 Å². The lowest BCUT2D eigenvalue weighted by atomic mass is 10.4. The molecule has 0 bridgehead atoms. The number of halogens is 2. The van der Waals surface area contributed by atoms with Gasteiger partial charge >= 0.3 is 0 Å². The van der Waals surface area contributed by atoms with Crippen LogP contribution in [0.5, 0.6) is 0 Å². The molecule has 15 heavy (non-hydrogen) atoms. The minimum Gasteiger partial charge on any atom is -0.329 e. The monoisotopic (exact) mass is 285 g/mol. The van der Waals surface area contributed by atoms with E-state index in [1.807, 2.05) is 12.1 Å². The molecule has 1 aromatic heterocycles. The topological polar surface area (TPSA) is 76.6 Å². The largest absolute Gasteiger partial charge is 0.329 e. The summed E-state index contributed by atoms with van der Waals surface area (Å²) in [6.45, 7) is 0.138. The van der Waals surface area contributed by atoms with E-state index in [2.05, 4.69) is 25.9 Å². The third-order valence-electron chi connectivity index (χ3n) is 1.55. The zero-order valence-corrected chi connectivity index (χ0v) is 9.83. The minimum atomic E-state index is 0.0690. The Hall–Kier alpha value is -1.37. The molecule has 1 rings (SSSR count). The van der Waals surface area contributed by atoms with Gasteiger partial charge in [-0.05, 0) is 15.9 Å². The van der Waals surface area contributed by atoms with Gasteiger partial charge < -0.3 is 4.90 Å². The number of hydrogen-bond donors (Lipinski definition) is 0. The Bertz CT molecular complexity index is 420. The highest BCUT2D eigenvalue weighted by Crippen LogP contribution is 2.28. The average molecular weight is 287 g/mol. The molecule has 0 saturated heterocycles. The predicted molar refractivity (Wildman–Crippen MR) is 58.2 cm³/mol. The highest BCUT2D eigenvalue weighted by Gasteiger charge is 2.13. The molecule has 0 radical (unpaired) electrons. The third kappa shape index (κ3) is 2.79. The highest BCUT2D eigenvalue weighted by molar-refractivity contribution is 9.10. The molecular weight excluding hydrogens is 281 g/mol. The predicted octanol–water partition coefficient (Wildman–Crippen LogP) is 1.75. The summed E-state index contributed by atoms with van der Waals surface area (Å²) in [7, 11) is 0. The van der Waals surface area contributed by atoms with Gasteiger partial charge in [-0.25, -0.2) is 9.97 Å². The van der Waals surface area contributed by atoms with E-state index in [0.29, 0.717) is 10.3 Å². The van der Waals surface area contributed by atoms with E-state index in [0.717, 1.165) is 0 Å². The first kappa shape index (κ1) is 11.7. The summed E-state index contributed by atoms with van der Waals surface area (Å²) in [5.74, 6) is 0.443. The van der Waals surface area contributed by atoms with Gasteiger partial charge in [-0.2, -0.15) is 10.5 Å². The van der Waals surface area contributed by atoms with Gasteiger partial charge in [-0.15, -0.1) is 0 Å². The van der Waals surface area contributed by atoms with E-state index < -0.39 is 0 Å². The number of nitriles is 2. The van der Waals surface area contributed by atoms with E-state index in [4.69, 9.17) is 22.1 Å². The lowest BCUT2D eigenvalue weighted by molar-refractivity contribution is 0.920. The van der Waals surface area contributed by atoms with E-state index in [1.54, 1.807) is 0 Å². The van der Waals surface area contributed by atoms with Crippen LogP contribution < -0.4 is 4.90 Å². The summed E-state index contributed by atoms with van der Waals surface area (Å²) in [6, 6.07) is 3.90. The van der Waals surface area contributed by atoms with E-state index in [-0.39, 0.29) is 18.2 Å². The minimum absolute atomic E-state index is 0.0690. The fraction of sp³-hybridized carbons (Fsp3) is 0.250. The second kappa shape index (κ2) is 5.50. The Balaban J connectivity index is 3.07. The number of aromatic nitrogens is 2. The van der Waals surface area contributed by atoms with Crippen LogP contribution in [0, 0.1) is 22.7 Å². The van der Waals surface area contributed by atoms with Crippen molar-refractivity contribution in [3.63, 3.8) is 0 Å². The molecule has 0 unspecified atom stereocenters. The highest BCUT2D eigenvalue weighted by atomic mass is 79.9. The standard InChI is InChI=1S/C8H5BrClN5/c9-6-7(10)13-5-14-8(6)15(3-1-11)4-2-12/h5H,3-4H2. The molecule has 0 N–H and O–H groups in total. The molecule has 5 nitrogen and oxygen atoms in total. The van der Waals surface area contributed by atoms with Gasteiger partial charge in [-0.3, -0.25) is 0 Å². The summed E-state index contributed by atoms with van der Waals surface area (Å²) in [4.78, 5) is 9.21. The van der Waals surface area contributed by atoms with Crippen molar-refractivity contribution >= 4 is 33.3 Å². The van der Waals surface area contributed by atoms with Crippen LogP contribution in [0.3, 0.4) is 0 Å². The second-order valence-electron chi connectivity index (χ2n) is 2.47. The Kier molecular flexibility index (Phi) is 4.29. The van der Waals surface area contributed by atoms with Crippen LogP contribution in [0.15, 0.2) is 10.8 Å². The molecule has 0 amide bonds. The fourth-order valence-corrected chi connectivity index (χ4v) is 1.52. The molecule has 1 heterocycles. The van der Waals surface area contributed by atoms with Crippen LogP contribution in [0.25, 0.3) is 0 Å². The molecular formula is C8H5BrClN5. The van der Waals surface area contributed by atoms with Gasteiger partial charge in [0.1, 0.15) is 30.4 Å². The first-order chi connectivity index (χ1) is 7.20. The molecule has 0 aliphatic carbocycles. The van der Waals surface area contributed by atoms with Crippen molar-refractivity contribution in [2.45, 2.75) is 0 Å². The van der Waals surface area contributed by atoms with Gasteiger partial charge in [-0.1, -0.05) is 11.6 Å². The molecule has 76 valence electrons. The van der Waals surface area contributed by atoms with Crippen molar-refractivity contribution in [2.75, 3.05) is 18.0 Å². The Labute approximate surface area is 100 Å². The van der Waals surface area contributed by atoms with Gasteiger partial charge in [0.25, 0.3) is 0 Å². The Morgan fingerprint density at radius 3 is 2.47 bits per heavy atom. The molecule has 0 atom stereocenters. The Morgan fingerprint density at radius 1 is 1.33 bits per heavy atom. The van der Waals surface area contributed by atoms with Gasteiger partial charge in [0.15, 0.2) is 0 Å². The van der Waals surface area contributed by atoms with Crippen molar-refractivity contribution in [3.8, 4) is 12.1 Å². The number of anilines is 1. The molecule has 1 aromatic rings. The first-order valence-electron chi connectivity index (χ1n) is 3.85. The van der Waals surface area contributed by atoms with Crippen LogP contribution in [0.4, 0.5) is 5.82 Å². The van der Waals surface area contributed by atoms with Gasteiger partial charge in [0, 0.05) is 0 Å². The van der Waals surface area contributed by atoms with Crippen molar-refractivity contribution in [1.82, 2.24) is 9.97 Å². The second-order valence-corrected chi connectivity index (χ2v) is 3.63. The van der Waals surface area contributed by atoms with Crippen LogP contribution in [-0.4, -0.2) is 23.1 Å². The van der Waals surface area contributed by atoms with Crippen LogP contribution in [-0.2, 0) is 0 Å². The lowest BCUT2D eigenvalue weighted by Crippen LogP contribution is -2.25. The fourth-order valence-electron chi connectivity index (χ4n) is 0.937. The molecule has 0 aromatic carbocycles. The zero-order chi connectivity index (χ0) is 11.3. The van der Waals surface area contributed by atoms with Crippen LogP contribution in [0.2, 0.25) is 5.15 Å². The van der Waals surface area contributed by atoms with Crippen LogP contribution >= 0.6 is 27.5 Å². The number of hydrogen-bond acceptors (Lipinski definition) is 5. The number of nitrogens with zero attached hydrogens (tertiary/aromatic N) is 5. The maximum atomic E-state index is 8.59. The summed E-state index contributed by atoms with van der Waals surface area (Å²) in [5, 5.41) is 17.4. The van der Waals surface area contributed by atoms with Crippen molar-refractivity contribution in [3.05, 3.63) is 16.0 Å².